The third-order valence-corrected chi connectivity index (χ3v) is 4.35. The fraction of sp³-hybridized carbons (Fsp3) is 0.450. The lowest BCUT2D eigenvalue weighted by Gasteiger charge is -2.32. The van der Waals surface area contributed by atoms with Crippen LogP contribution in [0.4, 0.5) is 0 Å². The second kappa shape index (κ2) is 8.87. The standard InChI is InChI=1S/C20H25N3O3/c1-14(2)19-21-10-8-17(22-19)20(24)23-16-9-11-25-13-18(16)26-12-15-6-4-3-5-7-15/h3-8,10,14,16,18H,9,11-13H2,1-2H3,(H,23,24)/t16-,18-/m1/s1. The number of ether oxygens (including phenoxy) is 2. The summed E-state index contributed by atoms with van der Waals surface area (Å²) in [5, 5.41) is 3.05. The van der Waals surface area contributed by atoms with Gasteiger partial charge in [-0.1, -0.05) is 44.2 Å². The van der Waals surface area contributed by atoms with Gasteiger partial charge in [-0.3, -0.25) is 4.79 Å². The van der Waals surface area contributed by atoms with Gasteiger partial charge in [-0.25, -0.2) is 9.97 Å². The van der Waals surface area contributed by atoms with Crippen LogP contribution in [-0.2, 0) is 16.1 Å². The van der Waals surface area contributed by atoms with Gasteiger partial charge in [0.1, 0.15) is 17.6 Å². The van der Waals surface area contributed by atoms with Crippen molar-refractivity contribution in [3.05, 3.63) is 59.7 Å². The second-order valence-corrected chi connectivity index (χ2v) is 6.73. The summed E-state index contributed by atoms with van der Waals surface area (Å²) in [6, 6.07) is 11.5. The van der Waals surface area contributed by atoms with Gasteiger partial charge in [-0.05, 0) is 18.1 Å². The quantitative estimate of drug-likeness (QED) is 0.862. The molecule has 2 aromatic rings. The molecule has 0 radical (unpaired) electrons. The molecule has 0 saturated carbocycles. The maximum absolute atomic E-state index is 12.6. The monoisotopic (exact) mass is 355 g/mol. The molecule has 6 heteroatoms. The Labute approximate surface area is 154 Å². The van der Waals surface area contributed by atoms with Gasteiger partial charge in [-0.15, -0.1) is 0 Å². The average Bonchev–Trinajstić information content (AvgIpc) is 2.68. The molecule has 0 bridgehead atoms. The van der Waals surface area contributed by atoms with E-state index in [4.69, 9.17) is 9.47 Å². The number of benzene rings is 1. The molecule has 2 atom stereocenters. The average molecular weight is 355 g/mol. The van der Waals surface area contributed by atoms with E-state index < -0.39 is 0 Å². The first kappa shape index (κ1) is 18.5. The Hall–Kier alpha value is -2.31. The summed E-state index contributed by atoms with van der Waals surface area (Å²) in [7, 11) is 0. The van der Waals surface area contributed by atoms with E-state index in [1.165, 1.54) is 0 Å². The van der Waals surface area contributed by atoms with Crippen molar-refractivity contribution in [1.82, 2.24) is 15.3 Å². The molecular formula is C20H25N3O3. The van der Waals surface area contributed by atoms with Crippen molar-refractivity contribution >= 4 is 5.91 Å². The van der Waals surface area contributed by atoms with Crippen LogP contribution >= 0.6 is 0 Å². The highest BCUT2D eigenvalue weighted by molar-refractivity contribution is 5.92. The summed E-state index contributed by atoms with van der Waals surface area (Å²) < 4.78 is 11.5. The lowest BCUT2D eigenvalue weighted by atomic mass is 10.1. The zero-order valence-electron chi connectivity index (χ0n) is 15.2. The molecule has 0 aliphatic carbocycles. The van der Waals surface area contributed by atoms with Crippen LogP contribution in [-0.4, -0.2) is 41.2 Å². The molecule has 0 unspecified atom stereocenters. The lowest BCUT2D eigenvalue weighted by molar-refractivity contribution is -0.0736. The largest absolute Gasteiger partial charge is 0.379 e. The van der Waals surface area contributed by atoms with Gasteiger partial charge in [0.2, 0.25) is 0 Å². The van der Waals surface area contributed by atoms with Gasteiger partial charge in [0, 0.05) is 18.7 Å². The Morgan fingerprint density at radius 3 is 2.88 bits per heavy atom. The van der Waals surface area contributed by atoms with E-state index in [-0.39, 0.29) is 24.0 Å². The van der Waals surface area contributed by atoms with E-state index in [0.29, 0.717) is 37.8 Å². The van der Waals surface area contributed by atoms with Gasteiger partial charge in [-0.2, -0.15) is 0 Å². The fourth-order valence-corrected chi connectivity index (χ4v) is 2.84. The Morgan fingerprint density at radius 1 is 1.31 bits per heavy atom. The number of hydrogen-bond acceptors (Lipinski definition) is 5. The van der Waals surface area contributed by atoms with Gasteiger partial charge in [0.05, 0.1) is 19.3 Å². The second-order valence-electron chi connectivity index (χ2n) is 6.73. The van der Waals surface area contributed by atoms with Crippen LogP contribution < -0.4 is 5.32 Å². The summed E-state index contributed by atoms with van der Waals surface area (Å²) in [4.78, 5) is 21.2. The van der Waals surface area contributed by atoms with E-state index in [0.717, 1.165) is 5.56 Å². The van der Waals surface area contributed by atoms with E-state index in [9.17, 15) is 4.79 Å². The van der Waals surface area contributed by atoms with Gasteiger partial charge < -0.3 is 14.8 Å². The Balaban J connectivity index is 1.62. The number of nitrogens with zero attached hydrogens (tertiary/aromatic N) is 2. The SMILES string of the molecule is CC(C)c1nccc(C(=O)N[C@@H]2CCOC[C@H]2OCc2ccccc2)n1. The highest BCUT2D eigenvalue weighted by atomic mass is 16.5. The smallest absolute Gasteiger partial charge is 0.270 e. The van der Waals surface area contributed by atoms with Crippen molar-refractivity contribution in [3.63, 3.8) is 0 Å². The molecule has 1 saturated heterocycles. The highest BCUT2D eigenvalue weighted by Gasteiger charge is 2.28. The molecule has 1 aliphatic rings. The molecule has 1 aromatic carbocycles. The zero-order valence-corrected chi connectivity index (χ0v) is 15.2. The van der Waals surface area contributed by atoms with Gasteiger partial charge in [0.15, 0.2) is 0 Å². The Kier molecular flexibility index (Phi) is 6.30. The maximum atomic E-state index is 12.6. The lowest BCUT2D eigenvalue weighted by Crippen LogP contribution is -2.50. The summed E-state index contributed by atoms with van der Waals surface area (Å²) in [5.41, 5.74) is 1.48. The minimum absolute atomic E-state index is 0.0996. The Morgan fingerprint density at radius 2 is 2.12 bits per heavy atom. The maximum Gasteiger partial charge on any atom is 0.270 e. The van der Waals surface area contributed by atoms with Crippen LogP contribution in [0.25, 0.3) is 0 Å². The molecule has 2 heterocycles. The topological polar surface area (TPSA) is 73.3 Å². The van der Waals surface area contributed by atoms with Crippen LogP contribution in [0.2, 0.25) is 0 Å². The number of carbonyl (C=O) groups is 1. The molecular weight excluding hydrogens is 330 g/mol. The summed E-state index contributed by atoms with van der Waals surface area (Å²) >= 11 is 0. The Bertz CT molecular complexity index is 721. The predicted octanol–water partition coefficient (Wildman–Crippen LogP) is 2.70. The first-order valence-electron chi connectivity index (χ1n) is 9.00. The zero-order chi connectivity index (χ0) is 18.4. The van der Waals surface area contributed by atoms with Crippen molar-refractivity contribution in [1.29, 1.82) is 0 Å². The van der Waals surface area contributed by atoms with Gasteiger partial charge >= 0.3 is 0 Å². The third-order valence-electron chi connectivity index (χ3n) is 4.35. The number of rotatable bonds is 6. The molecule has 1 amide bonds. The summed E-state index contributed by atoms with van der Waals surface area (Å²) in [6.07, 6.45) is 2.16. The van der Waals surface area contributed by atoms with Crippen molar-refractivity contribution in [2.45, 2.75) is 44.9 Å². The highest BCUT2D eigenvalue weighted by Crippen LogP contribution is 2.15. The van der Waals surface area contributed by atoms with Crippen LogP contribution in [0.1, 0.15) is 48.1 Å². The minimum Gasteiger partial charge on any atom is -0.379 e. The van der Waals surface area contributed by atoms with Crippen LogP contribution in [0.15, 0.2) is 42.6 Å². The van der Waals surface area contributed by atoms with Crippen LogP contribution in [0, 0.1) is 0 Å². The number of hydrogen-bond donors (Lipinski definition) is 1. The summed E-state index contributed by atoms with van der Waals surface area (Å²) in [6.45, 7) is 5.58. The van der Waals surface area contributed by atoms with Gasteiger partial charge in [0.25, 0.3) is 5.91 Å². The number of aromatic nitrogens is 2. The van der Waals surface area contributed by atoms with Crippen molar-refractivity contribution in [2.75, 3.05) is 13.2 Å². The van der Waals surface area contributed by atoms with E-state index in [2.05, 4.69) is 15.3 Å². The molecule has 138 valence electrons. The molecule has 3 rings (SSSR count). The first-order valence-corrected chi connectivity index (χ1v) is 9.00. The number of carbonyl (C=O) groups excluding carboxylic acids is 1. The number of nitrogens with one attached hydrogen (secondary N) is 1. The van der Waals surface area contributed by atoms with Crippen LogP contribution in [0.5, 0.6) is 0 Å². The third kappa shape index (κ3) is 4.86. The first-order chi connectivity index (χ1) is 12.6. The predicted molar refractivity (Wildman–Crippen MR) is 97.8 cm³/mol. The van der Waals surface area contributed by atoms with Crippen molar-refractivity contribution < 1.29 is 14.3 Å². The number of amides is 1. The minimum atomic E-state index is -0.200. The molecule has 0 spiro atoms. The van der Waals surface area contributed by atoms with Crippen LogP contribution in [0.3, 0.4) is 0 Å². The normalized spacial score (nSPS) is 20.1. The molecule has 1 fully saturated rings. The van der Waals surface area contributed by atoms with E-state index in [1.807, 2.05) is 44.2 Å². The molecule has 26 heavy (non-hydrogen) atoms. The molecule has 1 aromatic heterocycles. The van der Waals surface area contributed by atoms with E-state index in [1.54, 1.807) is 12.3 Å². The van der Waals surface area contributed by atoms with Crippen molar-refractivity contribution in [2.24, 2.45) is 0 Å². The van der Waals surface area contributed by atoms with Crippen molar-refractivity contribution in [3.8, 4) is 0 Å². The molecule has 1 aliphatic heterocycles. The summed E-state index contributed by atoms with van der Waals surface area (Å²) in [5.74, 6) is 0.642. The van der Waals surface area contributed by atoms with E-state index >= 15 is 0 Å². The molecule has 6 nitrogen and oxygen atoms in total. The molecule has 1 N–H and O–H groups in total. The fourth-order valence-electron chi connectivity index (χ4n) is 2.84.